The van der Waals surface area contributed by atoms with Gasteiger partial charge in [0.2, 0.25) is 5.91 Å². The van der Waals surface area contributed by atoms with Gasteiger partial charge in [-0.15, -0.1) is 0 Å². The number of amides is 1. The summed E-state index contributed by atoms with van der Waals surface area (Å²) in [4.78, 5) is 23.0. The molecule has 4 aromatic rings. The summed E-state index contributed by atoms with van der Waals surface area (Å²) in [5.41, 5.74) is 9.08. The predicted molar refractivity (Wildman–Crippen MR) is 110 cm³/mol. The maximum Gasteiger partial charge on any atom is 0.249 e. The molecule has 0 bridgehead atoms. The van der Waals surface area contributed by atoms with Gasteiger partial charge in [0.05, 0.1) is 28.1 Å². The van der Waals surface area contributed by atoms with E-state index in [-0.39, 0.29) is 6.61 Å². The van der Waals surface area contributed by atoms with Crippen molar-refractivity contribution in [1.29, 1.82) is 5.26 Å². The van der Waals surface area contributed by atoms with E-state index in [0.29, 0.717) is 40.5 Å². The number of benzene rings is 3. The molecule has 4 rings (SSSR count). The molecule has 0 aliphatic carbocycles. The highest BCUT2D eigenvalue weighted by molar-refractivity contribution is 6.19. The van der Waals surface area contributed by atoms with E-state index in [0.717, 1.165) is 16.6 Å². The summed E-state index contributed by atoms with van der Waals surface area (Å²) >= 11 is 0. The fourth-order valence-electron chi connectivity index (χ4n) is 3.71. The minimum absolute atomic E-state index is 0.0954. The number of nitrogens with zero attached hydrogens (tertiary/aromatic N) is 2. The second-order valence-corrected chi connectivity index (χ2v) is 6.55. The first kappa shape index (κ1) is 18.3. The molecule has 0 spiro atoms. The third-order valence-corrected chi connectivity index (χ3v) is 4.92. The van der Waals surface area contributed by atoms with Crippen LogP contribution in [0.1, 0.15) is 21.5 Å². The standard InChI is InChI=1S/C23H17N3O3/c24-13-15-5-1-2-6-16(15)14-26-18-8-3-7-17(23(25)28)21(18)22-19(26)9-4-10-20(22)29-12-11-27/h1-11H,12,14H2,(H2,25,28). The van der Waals surface area contributed by atoms with Crippen LogP contribution in [0.4, 0.5) is 0 Å². The molecule has 0 saturated carbocycles. The second-order valence-electron chi connectivity index (χ2n) is 6.55. The van der Waals surface area contributed by atoms with Gasteiger partial charge in [0, 0.05) is 17.5 Å². The number of carbonyl (C=O) groups excluding carboxylic acids is 2. The molecule has 3 aromatic carbocycles. The number of aldehydes is 1. The second kappa shape index (κ2) is 7.49. The van der Waals surface area contributed by atoms with Crippen molar-refractivity contribution in [2.45, 2.75) is 6.54 Å². The quantitative estimate of drug-likeness (QED) is 0.516. The number of nitrogens with two attached hydrogens (primary N) is 1. The van der Waals surface area contributed by atoms with Gasteiger partial charge in [-0.2, -0.15) is 5.26 Å². The van der Waals surface area contributed by atoms with E-state index in [4.69, 9.17) is 10.5 Å². The van der Waals surface area contributed by atoms with Crippen LogP contribution in [0, 0.1) is 11.3 Å². The van der Waals surface area contributed by atoms with Crippen LogP contribution in [0.2, 0.25) is 0 Å². The molecule has 0 saturated heterocycles. The van der Waals surface area contributed by atoms with Crippen molar-refractivity contribution in [2.75, 3.05) is 6.61 Å². The van der Waals surface area contributed by atoms with Crippen molar-refractivity contribution in [3.63, 3.8) is 0 Å². The molecule has 142 valence electrons. The van der Waals surface area contributed by atoms with Gasteiger partial charge in [-0.3, -0.25) is 9.59 Å². The van der Waals surface area contributed by atoms with Crippen molar-refractivity contribution >= 4 is 34.0 Å². The van der Waals surface area contributed by atoms with Crippen molar-refractivity contribution in [3.8, 4) is 11.8 Å². The highest BCUT2D eigenvalue weighted by Crippen LogP contribution is 2.38. The van der Waals surface area contributed by atoms with E-state index in [1.807, 2.05) is 41.0 Å². The van der Waals surface area contributed by atoms with E-state index in [9.17, 15) is 14.9 Å². The Morgan fingerprint density at radius 2 is 1.76 bits per heavy atom. The van der Waals surface area contributed by atoms with E-state index >= 15 is 0 Å². The summed E-state index contributed by atoms with van der Waals surface area (Å²) in [6.45, 7) is 0.338. The first-order valence-electron chi connectivity index (χ1n) is 9.04. The fourth-order valence-corrected chi connectivity index (χ4v) is 3.71. The molecule has 0 aliphatic rings. The molecule has 0 atom stereocenters. The predicted octanol–water partition coefficient (Wildman–Crippen LogP) is 3.39. The molecule has 6 heteroatoms. The molecular weight excluding hydrogens is 366 g/mol. The average Bonchev–Trinajstić information content (AvgIpc) is 3.07. The fraction of sp³-hybridized carbons (Fsp3) is 0.0870. The van der Waals surface area contributed by atoms with Crippen molar-refractivity contribution < 1.29 is 14.3 Å². The molecular formula is C23H17N3O3. The normalized spacial score (nSPS) is 10.7. The van der Waals surface area contributed by atoms with E-state index < -0.39 is 5.91 Å². The number of aromatic nitrogens is 1. The molecule has 0 aliphatic heterocycles. The molecule has 0 radical (unpaired) electrons. The monoisotopic (exact) mass is 383 g/mol. The Labute approximate surface area is 166 Å². The lowest BCUT2D eigenvalue weighted by molar-refractivity contribution is -0.109. The Bertz CT molecular complexity index is 1300. The van der Waals surface area contributed by atoms with Crippen LogP contribution in [0.5, 0.6) is 5.75 Å². The minimum Gasteiger partial charge on any atom is -0.485 e. The zero-order valence-electron chi connectivity index (χ0n) is 15.5. The van der Waals surface area contributed by atoms with Crippen LogP contribution in [-0.4, -0.2) is 23.4 Å². The third-order valence-electron chi connectivity index (χ3n) is 4.92. The lowest BCUT2D eigenvalue weighted by Crippen LogP contribution is -2.11. The summed E-state index contributed by atoms with van der Waals surface area (Å²) in [5, 5.41) is 10.8. The lowest BCUT2D eigenvalue weighted by atomic mass is 10.1. The summed E-state index contributed by atoms with van der Waals surface area (Å²) in [6, 6.07) is 20.5. The van der Waals surface area contributed by atoms with Crippen LogP contribution in [0.25, 0.3) is 21.8 Å². The Balaban J connectivity index is 2.06. The first-order valence-corrected chi connectivity index (χ1v) is 9.04. The third kappa shape index (κ3) is 3.09. The van der Waals surface area contributed by atoms with Gasteiger partial charge in [-0.05, 0) is 35.9 Å². The van der Waals surface area contributed by atoms with Crippen molar-refractivity contribution in [1.82, 2.24) is 4.57 Å². The maximum atomic E-state index is 12.1. The average molecular weight is 383 g/mol. The minimum atomic E-state index is -0.544. The molecule has 1 aromatic heterocycles. The number of primary amides is 1. The van der Waals surface area contributed by atoms with Crippen LogP contribution < -0.4 is 10.5 Å². The number of hydrogen-bond donors (Lipinski definition) is 1. The molecule has 1 amide bonds. The van der Waals surface area contributed by atoms with Crippen LogP contribution in [0.3, 0.4) is 0 Å². The van der Waals surface area contributed by atoms with Gasteiger partial charge in [-0.25, -0.2) is 0 Å². The van der Waals surface area contributed by atoms with Gasteiger partial charge >= 0.3 is 0 Å². The number of fused-ring (bicyclic) bond motifs is 3. The van der Waals surface area contributed by atoms with E-state index in [1.165, 1.54) is 0 Å². The summed E-state index contributed by atoms with van der Waals surface area (Å²) < 4.78 is 7.66. The van der Waals surface area contributed by atoms with Gasteiger partial charge in [-0.1, -0.05) is 30.3 Å². The smallest absolute Gasteiger partial charge is 0.249 e. The van der Waals surface area contributed by atoms with E-state index in [1.54, 1.807) is 24.3 Å². The van der Waals surface area contributed by atoms with Gasteiger partial charge in [0.1, 0.15) is 12.4 Å². The Morgan fingerprint density at radius 3 is 2.48 bits per heavy atom. The van der Waals surface area contributed by atoms with Crippen LogP contribution in [-0.2, 0) is 11.3 Å². The molecule has 0 fully saturated rings. The van der Waals surface area contributed by atoms with E-state index in [2.05, 4.69) is 6.07 Å². The van der Waals surface area contributed by atoms with Crippen molar-refractivity contribution in [2.24, 2.45) is 5.73 Å². The largest absolute Gasteiger partial charge is 0.485 e. The van der Waals surface area contributed by atoms with Crippen LogP contribution >= 0.6 is 0 Å². The molecule has 1 heterocycles. The zero-order chi connectivity index (χ0) is 20.4. The Morgan fingerprint density at radius 1 is 1.03 bits per heavy atom. The number of hydrogen-bond acceptors (Lipinski definition) is 4. The summed E-state index contributed by atoms with van der Waals surface area (Å²) in [7, 11) is 0. The summed E-state index contributed by atoms with van der Waals surface area (Å²) in [5.74, 6) is -0.0436. The SMILES string of the molecule is N#Cc1ccccc1Cn1c2cccc(OCC=O)c2c2c(C(N)=O)cccc21. The lowest BCUT2D eigenvalue weighted by Gasteiger charge is -2.10. The highest BCUT2D eigenvalue weighted by Gasteiger charge is 2.20. The summed E-state index contributed by atoms with van der Waals surface area (Å²) in [6.07, 6.45) is 0.677. The topological polar surface area (TPSA) is 98.1 Å². The zero-order valence-corrected chi connectivity index (χ0v) is 15.5. The van der Waals surface area contributed by atoms with Gasteiger partial charge in [0.15, 0.2) is 6.29 Å². The van der Waals surface area contributed by atoms with Crippen molar-refractivity contribution in [3.05, 3.63) is 77.4 Å². The Hall–Kier alpha value is -4.11. The Kier molecular flexibility index (Phi) is 4.71. The molecule has 6 nitrogen and oxygen atoms in total. The van der Waals surface area contributed by atoms with Gasteiger partial charge in [0.25, 0.3) is 0 Å². The number of rotatable bonds is 6. The highest BCUT2D eigenvalue weighted by atomic mass is 16.5. The number of ether oxygens (including phenoxy) is 1. The van der Waals surface area contributed by atoms with Gasteiger partial charge < -0.3 is 15.0 Å². The number of nitriles is 1. The van der Waals surface area contributed by atoms with Crippen LogP contribution in [0.15, 0.2) is 60.7 Å². The maximum absolute atomic E-state index is 12.1. The number of carbonyl (C=O) groups is 2. The molecule has 2 N–H and O–H groups in total. The first-order chi connectivity index (χ1) is 14.2. The molecule has 0 unspecified atom stereocenters. The molecule has 29 heavy (non-hydrogen) atoms.